The molecule has 3 N–H and O–H groups in total. The Bertz CT molecular complexity index is 867. The maximum atomic E-state index is 13.2. The molecule has 0 saturated carbocycles. The minimum atomic E-state index is -2.91. The lowest BCUT2D eigenvalue weighted by atomic mass is 9.82. The summed E-state index contributed by atoms with van der Waals surface area (Å²) in [5.74, 6) is -0.998. The number of rotatable bonds is 6. The fourth-order valence-corrected chi connectivity index (χ4v) is 3.66. The Morgan fingerprint density at radius 2 is 1.83 bits per heavy atom. The average molecular weight is 421 g/mol. The van der Waals surface area contributed by atoms with Gasteiger partial charge < -0.3 is 25.4 Å². The predicted octanol–water partition coefficient (Wildman–Crippen LogP) is 3.42. The van der Waals surface area contributed by atoms with Crippen LogP contribution in [0.5, 0.6) is 5.75 Å². The monoisotopic (exact) mass is 421 g/mol. The van der Waals surface area contributed by atoms with Gasteiger partial charge in [-0.15, -0.1) is 0 Å². The second-order valence-electron chi connectivity index (χ2n) is 6.67. The molecule has 3 atom stereocenters. The summed E-state index contributed by atoms with van der Waals surface area (Å²) >= 11 is 5.29. The lowest BCUT2D eigenvalue weighted by Gasteiger charge is -2.46. The number of benzene rings is 2. The SMILES string of the molecule is CO[C@]1(C)NC(=S)N[C@H](c2ccc(OC(F)F)cc2)[C@H]1C(=O)Nc1ccccc1. The van der Waals surface area contributed by atoms with Crippen molar-refractivity contribution in [2.24, 2.45) is 5.92 Å². The van der Waals surface area contributed by atoms with Crippen LogP contribution in [-0.4, -0.2) is 30.5 Å². The highest BCUT2D eigenvalue weighted by Crippen LogP contribution is 2.36. The standard InChI is InChI=1S/C20H21F2N3O3S/c1-20(27-2)15(17(26)23-13-6-4-3-5-7-13)16(24-19(29)25-20)12-8-10-14(11-9-12)28-18(21)22/h3-11,15-16,18H,1-2H3,(H,23,26)(H2,24,25,29)/t15-,16+,20-/m0/s1. The molecule has 0 radical (unpaired) electrons. The molecular formula is C20H21F2N3O3S. The molecule has 9 heteroatoms. The van der Waals surface area contributed by atoms with Gasteiger partial charge in [-0.05, 0) is 49.0 Å². The van der Waals surface area contributed by atoms with Crippen molar-refractivity contribution in [1.29, 1.82) is 0 Å². The summed E-state index contributed by atoms with van der Waals surface area (Å²) in [5, 5.41) is 9.30. The predicted molar refractivity (Wildman–Crippen MR) is 109 cm³/mol. The van der Waals surface area contributed by atoms with Crippen molar-refractivity contribution in [2.75, 3.05) is 12.4 Å². The highest BCUT2D eigenvalue weighted by Gasteiger charge is 2.49. The highest BCUT2D eigenvalue weighted by atomic mass is 32.1. The van der Waals surface area contributed by atoms with E-state index < -0.39 is 24.3 Å². The Morgan fingerprint density at radius 1 is 1.17 bits per heavy atom. The smallest absolute Gasteiger partial charge is 0.387 e. The number of nitrogens with one attached hydrogen (secondary N) is 3. The van der Waals surface area contributed by atoms with Crippen molar-refractivity contribution in [3.63, 3.8) is 0 Å². The molecule has 0 aromatic heterocycles. The molecule has 29 heavy (non-hydrogen) atoms. The molecule has 1 fully saturated rings. The van der Waals surface area contributed by atoms with Gasteiger partial charge in [-0.1, -0.05) is 30.3 Å². The summed E-state index contributed by atoms with van der Waals surface area (Å²) in [4.78, 5) is 13.2. The fourth-order valence-electron chi connectivity index (χ4n) is 3.34. The van der Waals surface area contributed by atoms with Gasteiger partial charge >= 0.3 is 6.61 Å². The number of ether oxygens (including phenoxy) is 2. The van der Waals surface area contributed by atoms with Gasteiger partial charge in [0.1, 0.15) is 11.7 Å². The minimum absolute atomic E-state index is 0.0278. The third kappa shape index (κ3) is 4.80. The summed E-state index contributed by atoms with van der Waals surface area (Å²) in [6, 6.07) is 14.6. The van der Waals surface area contributed by atoms with E-state index in [1.54, 1.807) is 31.2 Å². The van der Waals surface area contributed by atoms with E-state index in [-0.39, 0.29) is 11.7 Å². The first-order chi connectivity index (χ1) is 13.8. The van der Waals surface area contributed by atoms with E-state index >= 15 is 0 Å². The number of halogens is 2. The molecule has 6 nitrogen and oxygen atoms in total. The Balaban J connectivity index is 1.93. The van der Waals surface area contributed by atoms with Crippen LogP contribution in [-0.2, 0) is 9.53 Å². The Morgan fingerprint density at radius 3 is 2.41 bits per heavy atom. The summed E-state index contributed by atoms with van der Waals surface area (Å²) in [7, 11) is 1.49. The normalized spacial score (nSPS) is 23.8. The molecule has 0 spiro atoms. The van der Waals surface area contributed by atoms with Crippen LogP contribution in [0.4, 0.5) is 14.5 Å². The molecule has 2 aromatic carbocycles. The molecule has 2 aromatic rings. The number of hydrogen-bond donors (Lipinski definition) is 3. The van der Waals surface area contributed by atoms with E-state index in [0.717, 1.165) is 0 Å². The highest BCUT2D eigenvalue weighted by molar-refractivity contribution is 7.80. The Labute approximate surface area is 172 Å². The zero-order valence-corrected chi connectivity index (χ0v) is 16.6. The van der Waals surface area contributed by atoms with Crippen LogP contribution in [0.2, 0.25) is 0 Å². The third-order valence-corrected chi connectivity index (χ3v) is 5.01. The van der Waals surface area contributed by atoms with E-state index in [2.05, 4.69) is 20.7 Å². The summed E-state index contributed by atoms with van der Waals surface area (Å²) in [5.41, 5.74) is 0.222. The molecule has 1 heterocycles. The van der Waals surface area contributed by atoms with E-state index in [4.69, 9.17) is 17.0 Å². The number of alkyl halides is 2. The molecule has 0 bridgehead atoms. The van der Waals surface area contributed by atoms with Crippen molar-refractivity contribution >= 4 is 28.9 Å². The van der Waals surface area contributed by atoms with Crippen molar-refractivity contribution in [3.05, 3.63) is 60.2 Å². The van der Waals surface area contributed by atoms with Gasteiger partial charge in [-0.25, -0.2) is 0 Å². The maximum absolute atomic E-state index is 13.2. The van der Waals surface area contributed by atoms with E-state index in [9.17, 15) is 13.6 Å². The summed E-state index contributed by atoms with van der Waals surface area (Å²) in [6.07, 6.45) is 0. The van der Waals surface area contributed by atoms with Crippen LogP contribution in [0.3, 0.4) is 0 Å². The maximum Gasteiger partial charge on any atom is 0.387 e. The first kappa shape index (κ1) is 20.9. The first-order valence-corrected chi connectivity index (χ1v) is 9.28. The Hall–Kier alpha value is -2.78. The van der Waals surface area contributed by atoms with Crippen LogP contribution in [0.15, 0.2) is 54.6 Å². The van der Waals surface area contributed by atoms with Crippen molar-refractivity contribution in [1.82, 2.24) is 10.6 Å². The first-order valence-electron chi connectivity index (χ1n) is 8.87. The molecular weight excluding hydrogens is 400 g/mol. The number of carbonyl (C=O) groups is 1. The average Bonchev–Trinajstić information content (AvgIpc) is 2.68. The molecule has 1 saturated heterocycles. The van der Waals surface area contributed by atoms with E-state index in [1.807, 2.05) is 18.2 Å². The van der Waals surface area contributed by atoms with Gasteiger partial charge in [0.2, 0.25) is 5.91 Å². The number of para-hydroxylation sites is 1. The van der Waals surface area contributed by atoms with Gasteiger partial charge in [0.05, 0.1) is 6.04 Å². The van der Waals surface area contributed by atoms with Crippen LogP contribution in [0.1, 0.15) is 18.5 Å². The van der Waals surface area contributed by atoms with Crippen LogP contribution >= 0.6 is 12.2 Å². The third-order valence-electron chi connectivity index (χ3n) is 4.79. The topological polar surface area (TPSA) is 71.6 Å². The summed E-state index contributed by atoms with van der Waals surface area (Å²) < 4.78 is 34.9. The van der Waals surface area contributed by atoms with Gasteiger partial charge in [0.25, 0.3) is 0 Å². The van der Waals surface area contributed by atoms with Crippen molar-refractivity contribution in [3.8, 4) is 5.75 Å². The number of carbonyl (C=O) groups excluding carboxylic acids is 1. The van der Waals surface area contributed by atoms with Crippen LogP contribution in [0, 0.1) is 5.92 Å². The molecule has 154 valence electrons. The number of anilines is 1. The van der Waals surface area contributed by atoms with Gasteiger partial charge in [0, 0.05) is 12.8 Å². The van der Waals surface area contributed by atoms with Gasteiger partial charge in [-0.2, -0.15) is 8.78 Å². The molecule has 0 unspecified atom stereocenters. The zero-order chi connectivity index (χ0) is 21.0. The van der Waals surface area contributed by atoms with Crippen molar-refractivity contribution < 1.29 is 23.0 Å². The molecule has 0 aliphatic carbocycles. The lowest BCUT2D eigenvalue weighted by Crippen LogP contribution is -2.66. The second-order valence-corrected chi connectivity index (χ2v) is 7.08. The van der Waals surface area contributed by atoms with E-state index in [1.165, 1.54) is 19.2 Å². The second kappa shape index (κ2) is 8.71. The quantitative estimate of drug-likeness (QED) is 0.621. The lowest BCUT2D eigenvalue weighted by molar-refractivity contribution is -0.137. The number of methoxy groups -OCH3 is 1. The van der Waals surface area contributed by atoms with Crippen molar-refractivity contribution in [2.45, 2.75) is 25.3 Å². The fraction of sp³-hybridized carbons (Fsp3) is 0.300. The largest absolute Gasteiger partial charge is 0.435 e. The number of thiocarbonyl (C=S) groups is 1. The zero-order valence-electron chi connectivity index (χ0n) is 15.8. The molecule has 3 rings (SSSR count). The number of hydrogen-bond acceptors (Lipinski definition) is 4. The van der Waals surface area contributed by atoms with Gasteiger partial charge in [-0.3, -0.25) is 4.79 Å². The molecule has 1 aliphatic heterocycles. The Kier molecular flexibility index (Phi) is 6.29. The van der Waals surface area contributed by atoms with Gasteiger partial charge in [0.15, 0.2) is 10.8 Å². The van der Waals surface area contributed by atoms with E-state index in [0.29, 0.717) is 16.4 Å². The number of amides is 1. The minimum Gasteiger partial charge on any atom is -0.435 e. The van der Waals surface area contributed by atoms with Crippen LogP contribution < -0.4 is 20.7 Å². The van der Waals surface area contributed by atoms with Crippen LogP contribution in [0.25, 0.3) is 0 Å². The molecule has 1 aliphatic rings. The molecule has 1 amide bonds. The summed E-state index contributed by atoms with van der Waals surface area (Å²) in [6.45, 7) is -1.18.